The molecule has 0 bridgehead atoms. The van der Waals surface area contributed by atoms with Gasteiger partial charge in [0.05, 0.1) is 21.7 Å². The summed E-state index contributed by atoms with van der Waals surface area (Å²) in [5.74, 6) is 0. The Balaban J connectivity index is 1.99. The van der Waals surface area contributed by atoms with Crippen molar-refractivity contribution in [3.05, 3.63) is 68.2 Å². The fourth-order valence-corrected chi connectivity index (χ4v) is 2.44. The lowest BCUT2D eigenvalue weighted by molar-refractivity contribution is 0.693. The molecule has 2 aromatic rings. The zero-order chi connectivity index (χ0) is 14.5. The number of hydrogen-bond donors (Lipinski definition) is 1. The van der Waals surface area contributed by atoms with E-state index in [1.807, 2.05) is 12.1 Å². The van der Waals surface area contributed by atoms with Crippen molar-refractivity contribution in [1.82, 2.24) is 5.32 Å². The second-order valence-electron chi connectivity index (χ2n) is 4.23. The molecule has 2 rings (SSSR count). The molecule has 0 aliphatic carbocycles. The maximum Gasteiger partial charge on any atom is 0.0991 e. The molecular weight excluding hydrogens is 315 g/mol. The third-order valence-electron chi connectivity index (χ3n) is 2.85. The van der Waals surface area contributed by atoms with Gasteiger partial charge < -0.3 is 5.32 Å². The number of benzene rings is 2. The molecule has 0 aliphatic rings. The molecule has 2 nitrogen and oxygen atoms in total. The van der Waals surface area contributed by atoms with Crippen molar-refractivity contribution < 1.29 is 0 Å². The predicted molar refractivity (Wildman–Crippen MR) is 83.2 cm³/mol. The standard InChI is InChI=1S/C15H11Cl3N2/c16-13-5-6-14(17)15(18)12(13)9-20-8-11-3-1-10(7-19)2-4-11/h1-6,20H,8-9H2. The summed E-state index contributed by atoms with van der Waals surface area (Å²) in [6.45, 7) is 1.18. The van der Waals surface area contributed by atoms with Gasteiger partial charge in [0.15, 0.2) is 0 Å². The molecule has 0 aromatic heterocycles. The Bertz CT molecular complexity index is 645. The van der Waals surface area contributed by atoms with Crippen molar-refractivity contribution in [1.29, 1.82) is 5.26 Å². The molecule has 0 fully saturated rings. The van der Waals surface area contributed by atoms with Gasteiger partial charge in [-0.2, -0.15) is 5.26 Å². The van der Waals surface area contributed by atoms with Gasteiger partial charge in [-0.05, 0) is 29.8 Å². The molecule has 0 atom stereocenters. The molecule has 0 amide bonds. The molecule has 20 heavy (non-hydrogen) atoms. The molecule has 0 unspecified atom stereocenters. The number of hydrogen-bond acceptors (Lipinski definition) is 2. The number of halogens is 3. The average molecular weight is 326 g/mol. The highest BCUT2D eigenvalue weighted by Gasteiger charge is 2.09. The first kappa shape index (κ1) is 15.2. The first-order chi connectivity index (χ1) is 9.61. The minimum atomic E-state index is 0.478. The summed E-state index contributed by atoms with van der Waals surface area (Å²) >= 11 is 18.2. The average Bonchev–Trinajstić information content (AvgIpc) is 2.47. The van der Waals surface area contributed by atoms with E-state index in [0.29, 0.717) is 33.7 Å². The first-order valence-electron chi connectivity index (χ1n) is 5.94. The Morgan fingerprint density at radius 3 is 2.20 bits per heavy atom. The molecule has 0 saturated carbocycles. The van der Waals surface area contributed by atoms with Gasteiger partial charge in [-0.15, -0.1) is 0 Å². The van der Waals surface area contributed by atoms with Gasteiger partial charge in [0, 0.05) is 23.7 Å². The first-order valence-corrected chi connectivity index (χ1v) is 7.07. The summed E-state index contributed by atoms with van der Waals surface area (Å²) in [6, 6.07) is 12.9. The quantitative estimate of drug-likeness (QED) is 0.819. The van der Waals surface area contributed by atoms with Gasteiger partial charge in [0.1, 0.15) is 0 Å². The second kappa shape index (κ2) is 6.97. The molecular formula is C15H11Cl3N2. The van der Waals surface area contributed by atoms with E-state index in [9.17, 15) is 0 Å². The summed E-state index contributed by atoms with van der Waals surface area (Å²) in [5, 5.41) is 13.5. The third-order valence-corrected chi connectivity index (χ3v) is 4.05. The minimum absolute atomic E-state index is 0.478. The van der Waals surface area contributed by atoms with E-state index in [4.69, 9.17) is 40.1 Å². The van der Waals surface area contributed by atoms with Gasteiger partial charge >= 0.3 is 0 Å². The van der Waals surface area contributed by atoms with Crippen molar-refractivity contribution in [2.45, 2.75) is 13.1 Å². The van der Waals surface area contributed by atoms with Crippen LogP contribution in [0.5, 0.6) is 0 Å². The van der Waals surface area contributed by atoms with Crippen molar-refractivity contribution in [2.24, 2.45) is 0 Å². The Kier molecular flexibility index (Phi) is 5.28. The van der Waals surface area contributed by atoms with Gasteiger partial charge in [-0.3, -0.25) is 0 Å². The van der Waals surface area contributed by atoms with Crippen LogP contribution in [-0.4, -0.2) is 0 Å². The molecule has 0 radical (unpaired) electrons. The fourth-order valence-electron chi connectivity index (χ4n) is 1.76. The smallest absolute Gasteiger partial charge is 0.0991 e. The number of nitriles is 1. The van der Waals surface area contributed by atoms with E-state index >= 15 is 0 Å². The summed E-state index contributed by atoms with van der Waals surface area (Å²) in [4.78, 5) is 0. The van der Waals surface area contributed by atoms with Crippen LogP contribution in [0.15, 0.2) is 36.4 Å². The lowest BCUT2D eigenvalue weighted by atomic mass is 10.1. The lowest BCUT2D eigenvalue weighted by Gasteiger charge is -2.10. The molecule has 0 aliphatic heterocycles. The zero-order valence-corrected chi connectivity index (χ0v) is 12.7. The van der Waals surface area contributed by atoms with E-state index < -0.39 is 0 Å². The summed E-state index contributed by atoms with van der Waals surface area (Å²) in [6.07, 6.45) is 0. The highest BCUT2D eigenvalue weighted by molar-refractivity contribution is 6.44. The van der Waals surface area contributed by atoms with Crippen molar-refractivity contribution in [3.8, 4) is 6.07 Å². The Labute approximate surface area is 132 Å². The van der Waals surface area contributed by atoms with Gasteiger partial charge in [0.2, 0.25) is 0 Å². The van der Waals surface area contributed by atoms with Crippen molar-refractivity contribution >= 4 is 34.8 Å². The number of rotatable bonds is 4. The number of nitrogens with zero attached hydrogens (tertiary/aromatic N) is 1. The molecule has 102 valence electrons. The van der Waals surface area contributed by atoms with Crippen molar-refractivity contribution in [2.75, 3.05) is 0 Å². The third kappa shape index (κ3) is 3.65. The monoisotopic (exact) mass is 324 g/mol. The van der Waals surface area contributed by atoms with E-state index in [2.05, 4.69) is 11.4 Å². The van der Waals surface area contributed by atoms with Gasteiger partial charge in [-0.1, -0.05) is 46.9 Å². The van der Waals surface area contributed by atoms with E-state index in [0.717, 1.165) is 11.1 Å². The van der Waals surface area contributed by atoms with Crippen LogP contribution in [0.25, 0.3) is 0 Å². The predicted octanol–water partition coefficient (Wildman–Crippen LogP) is 4.81. The van der Waals surface area contributed by atoms with Gasteiger partial charge in [-0.25, -0.2) is 0 Å². The van der Waals surface area contributed by atoms with Crippen LogP contribution in [0.4, 0.5) is 0 Å². The maximum absolute atomic E-state index is 8.73. The Morgan fingerprint density at radius 2 is 1.55 bits per heavy atom. The fraction of sp³-hybridized carbons (Fsp3) is 0.133. The Hall–Kier alpha value is -1.24. The number of nitrogens with one attached hydrogen (secondary N) is 1. The largest absolute Gasteiger partial charge is 0.309 e. The molecule has 0 spiro atoms. The minimum Gasteiger partial charge on any atom is -0.309 e. The van der Waals surface area contributed by atoms with Crippen LogP contribution in [0.3, 0.4) is 0 Å². The molecule has 0 saturated heterocycles. The van der Waals surface area contributed by atoms with E-state index in [1.54, 1.807) is 24.3 Å². The van der Waals surface area contributed by atoms with E-state index in [1.165, 1.54) is 0 Å². The van der Waals surface area contributed by atoms with Gasteiger partial charge in [0.25, 0.3) is 0 Å². The maximum atomic E-state index is 8.73. The van der Waals surface area contributed by atoms with Crippen LogP contribution in [0, 0.1) is 11.3 Å². The van der Waals surface area contributed by atoms with Crippen LogP contribution < -0.4 is 5.32 Å². The van der Waals surface area contributed by atoms with E-state index in [-0.39, 0.29) is 0 Å². The summed E-state index contributed by atoms with van der Waals surface area (Å²) in [5.41, 5.74) is 2.52. The highest BCUT2D eigenvalue weighted by atomic mass is 35.5. The SMILES string of the molecule is N#Cc1ccc(CNCc2c(Cl)ccc(Cl)c2Cl)cc1. The molecule has 1 N–H and O–H groups in total. The second-order valence-corrected chi connectivity index (χ2v) is 5.43. The lowest BCUT2D eigenvalue weighted by Crippen LogP contribution is -2.13. The molecule has 5 heteroatoms. The normalized spacial score (nSPS) is 10.3. The molecule has 0 heterocycles. The van der Waals surface area contributed by atoms with Crippen LogP contribution >= 0.6 is 34.8 Å². The molecule has 2 aromatic carbocycles. The topological polar surface area (TPSA) is 35.8 Å². The zero-order valence-electron chi connectivity index (χ0n) is 10.5. The van der Waals surface area contributed by atoms with Crippen LogP contribution in [0.1, 0.15) is 16.7 Å². The van der Waals surface area contributed by atoms with Crippen LogP contribution in [0.2, 0.25) is 15.1 Å². The van der Waals surface area contributed by atoms with Crippen LogP contribution in [-0.2, 0) is 13.1 Å². The van der Waals surface area contributed by atoms with Crippen molar-refractivity contribution in [3.63, 3.8) is 0 Å². The summed E-state index contributed by atoms with van der Waals surface area (Å²) < 4.78 is 0. The Morgan fingerprint density at radius 1 is 0.900 bits per heavy atom. The highest BCUT2D eigenvalue weighted by Crippen LogP contribution is 2.31. The summed E-state index contributed by atoms with van der Waals surface area (Å²) in [7, 11) is 0.